The number of benzene rings is 3. The van der Waals surface area contributed by atoms with E-state index in [1.807, 2.05) is 12.1 Å². The van der Waals surface area contributed by atoms with Gasteiger partial charge in [-0.3, -0.25) is 0 Å². The van der Waals surface area contributed by atoms with Crippen molar-refractivity contribution in [3.05, 3.63) is 103 Å². The van der Waals surface area contributed by atoms with Crippen molar-refractivity contribution in [2.45, 2.75) is 90.8 Å². The van der Waals surface area contributed by atoms with Gasteiger partial charge in [-0.15, -0.1) is 0 Å². The first kappa shape index (κ1) is 36.1. The van der Waals surface area contributed by atoms with Crippen LogP contribution in [0.25, 0.3) is 0 Å². The van der Waals surface area contributed by atoms with Gasteiger partial charge in [0.1, 0.15) is 5.75 Å². The number of hydrogen-bond acceptors (Lipinski definition) is 5. The van der Waals surface area contributed by atoms with Crippen molar-refractivity contribution in [2.24, 2.45) is 11.8 Å². The maximum Gasteiger partial charge on any atom is 0.261 e. The molecular weight excluding hydrogens is 589 g/mol. The summed E-state index contributed by atoms with van der Waals surface area (Å²) in [5, 5.41) is 2.52. The molecular formula is C40H56O5Si. The Morgan fingerprint density at radius 3 is 2.11 bits per heavy atom. The summed E-state index contributed by atoms with van der Waals surface area (Å²) in [6.07, 6.45) is 9.84. The van der Waals surface area contributed by atoms with Gasteiger partial charge >= 0.3 is 0 Å². The number of allylic oxidation sites excluding steroid dienone is 1. The topological polar surface area (TPSA) is 46.2 Å². The normalized spacial score (nSPS) is 17.9. The number of rotatable bonds is 17. The summed E-state index contributed by atoms with van der Waals surface area (Å²) in [5.41, 5.74) is 1.13. The molecule has 4 rings (SSSR count). The molecule has 1 fully saturated rings. The molecule has 1 unspecified atom stereocenters. The Morgan fingerprint density at radius 1 is 0.891 bits per heavy atom. The third-order valence-corrected chi connectivity index (χ3v) is 14.1. The lowest BCUT2D eigenvalue weighted by molar-refractivity contribution is -0.162. The van der Waals surface area contributed by atoms with Gasteiger partial charge in [-0.1, -0.05) is 120 Å². The van der Waals surface area contributed by atoms with Crippen LogP contribution in [-0.4, -0.2) is 47.6 Å². The minimum absolute atomic E-state index is 0.0243. The molecule has 250 valence electrons. The van der Waals surface area contributed by atoms with Gasteiger partial charge in [0, 0.05) is 25.0 Å². The Bertz CT molecular complexity index is 1240. The van der Waals surface area contributed by atoms with E-state index < -0.39 is 8.32 Å². The summed E-state index contributed by atoms with van der Waals surface area (Å²) in [7, 11) is -0.963. The van der Waals surface area contributed by atoms with Gasteiger partial charge in [0.2, 0.25) is 0 Å². The second kappa shape index (κ2) is 18.0. The van der Waals surface area contributed by atoms with Gasteiger partial charge in [0.25, 0.3) is 8.32 Å². The summed E-state index contributed by atoms with van der Waals surface area (Å²) in [4.78, 5) is 0. The zero-order valence-corrected chi connectivity index (χ0v) is 30.0. The SMILES string of the molecule is COc1ccc(CO[C@@H]([C@@H](C)/C=C\CCCOC2CCCCO2)[C@@H](C)CO[Si](c2ccccc2)(c2ccccc2)C(C)(C)C)cc1. The lowest BCUT2D eigenvalue weighted by Crippen LogP contribution is -2.67. The van der Waals surface area contributed by atoms with Crippen molar-refractivity contribution >= 4 is 18.7 Å². The molecule has 6 heteroatoms. The molecule has 1 aliphatic rings. The summed E-state index contributed by atoms with van der Waals surface area (Å²) in [6, 6.07) is 29.9. The number of unbranched alkanes of at least 4 members (excludes halogenated alkanes) is 1. The third kappa shape index (κ3) is 9.88. The van der Waals surface area contributed by atoms with E-state index in [9.17, 15) is 0 Å². The quantitative estimate of drug-likeness (QED) is 0.0841. The molecule has 0 aromatic heterocycles. The molecule has 1 aliphatic heterocycles. The molecule has 46 heavy (non-hydrogen) atoms. The van der Waals surface area contributed by atoms with Gasteiger partial charge in [-0.25, -0.2) is 0 Å². The average Bonchev–Trinajstić information content (AvgIpc) is 3.08. The zero-order valence-electron chi connectivity index (χ0n) is 29.0. The Kier molecular flexibility index (Phi) is 14.1. The number of ether oxygens (including phenoxy) is 4. The molecule has 0 N–H and O–H groups in total. The second-order valence-corrected chi connectivity index (χ2v) is 18.0. The predicted molar refractivity (Wildman–Crippen MR) is 191 cm³/mol. The maximum atomic E-state index is 7.35. The lowest BCUT2D eigenvalue weighted by atomic mass is 9.93. The number of methoxy groups -OCH3 is 1. The van der Waals surface area contributed by atoms with Crippen LogP contribution in [0.4, 0.5) is 0 Å². The van der Waals surface area contributed by atoms with E-state index in [1.54, 1.807) is 7.11 Å². The van der Waals surface area contributed by atoms with Crippen molar-refractivity contribution in [1.82, 2.24) is 0 Å². The van der Waals surface area contributed by atoms with Gasteiger partial charge in [-0.05, 0) is 65.2 Å². The highest BCUT2D eigenvalue weighted by Crippen LogP contribution is 2.37. The van der Waals surface area contributed by atoms with E-state index in [2.05, 4.69) is 120 Å². The van der Waals surface area contributed by atoms with Crippen LogP contribution in [0.2, 0.25) is 5.04 Å². The maximum absolute atomic E-state index is 7.35. The van der Waals surface area contributed by atoms with Crippen molar-refractivity contribution in [2.75, 3.05) is 26.9 Å². The van der Waals surface area contributed by atoms with Crippen molar-refractivity contribution < 1.29 is 23.4 Å². The largest absolute Gasteiger partial charge is 0.497 e. The monoisotopic (exact) mass is 644 g/mol. The molecule has 4 atom stereocenters. The van der Waals surface area contributed by atoms with Crippen molar-refractivity contribution in [1.29, 1.82) is 0 Å². The van der Waals surface area contributed by atoms with Crippen molar-refractivity contribution in [3.63, 3.8) is 0 Å². The van der Waals surface area contributed by atoms with E-state index in [0.717, 1.165) is 50.2 Å². The smallest absolute Gasteiger partial charge is 0.261 e. The summed E-state index contributed by atoms with van der Waals surface area (Å²) < 4.78 is 31.1. The third-order valence-electron chi connectivity index (χ3n) is 9.06. The van der Waals surface area contributed by atoms with Crippen LogP contribution in [-0.2, 0) is 25.2 Å². The Balaban J connectivity index is 1.49. The molecule has 0 amide bonds. The second-order valence-electron chi connectivity index (χ2n) is 13.7. The van der Waals surface area contributed by atoms with Gasteiger partial charge in [0.05, 0.1) is 26.4 Å². The van der Waals surface area contributed by atoms with Crippen molar-refractivity contribution in [3.8, 4) is 5.75 Å². The summed E-state index contributed by atoms with van der Waals surface area (Å²) >= 11 is 0. The fraction of sp³-hybridized carbons (Fsp3) is 0.500. The summed E-state index contributed by atoms with van der Waals surface area (Å²) in [6.45, 7) is 14.2. The molecule has 0 spiro atoms. The van der Waals surface area contributed by atoms with Gasteiger partial charge in [0.15, 0.2) is 6.29 Å². The molecule has 3 aromatic rings. The zero-order chi connectivity index (χ0) is 32.8. The predicted octanol–water partition coefficient (Wildman–Crippen LogP) is 8.31. The van der Waals surface area contributed by atoms with Crippen LogP contribution < -0.4 is 15.1 Å². The van der Waals surface area contributed by atoms with Crippen LogP contribution in [0, 0.1) is 11.8 Å². The molecule has 0 aliphatic carbocycles. The van der Waals surface area contributed by atoms with Crippen LogP contribution in [0.1, 0.15) is 72.3 Å². The molecule has 1 heterocycles. The minimum Gasteiger partial charge on any atom is -0.497 e. The molecule has 3 aromatic carbocycles. The van der Waals surface area contributed by atoms with Crippen LogP contribution in [0.5, 0.6) is 5.75 Å². The fourth-order valence-corrected chi connectivity index (χ4v) is 11.2. The summed E-state index contributed by atoms with van der Waals surface area (Å²) in [5.74, 6) is 1.22. The molecule has 0 radical (unpaired) electrons. The molecule has 1 saturated heterocycles. The van der Waals surface area contributed by atoms with E-state index in [0.29, 0.717) is 13.2 Å². The first-order valence-electron chi connectivity index (χ1n) is 17.1. The lowest BCUT2D eigenvalue weighted by Gasteiger charge is -2.44. The molecule has 5 nitrogen and oxygen atoms in total. The highest BCUT2D eigenvalue weighted by molar-refractivity contribution is 6.99. The van der Waals surface area contributed by atoms with Gasteiger partial charge in [-0.2, -0.15) is 0 Å². The first-order valence-corrected chi connectivity index (χ1v) is 19.0. The highest BCUT2D eigenvalue weighted by atomic mass is 28.4. The van der Waals surface area contributed by atoms with E-state index in [4.69, 9.17) is 23.4 Å². The van der Waals surface area contributed by atoms with Crippen LogP contribution >= 0.6 is 0 Å². The fourth-order valence-electron chi connectivity index (χ4n) is 6.54. The molecule has 0 saturated carbocycles. The Labute approximate surface area is 279 Å². The Morgan fingerprint density at radius 2 is 1.54 bits per heavy atom. The minimum atomic E-state index is -2.66. The van der Waals surface area contributed by atoms with Gasteiger partial charge < -0.3 is 23.4 Å². The molecule has 0 bridgehead atoms. The number of hydrogen-bond donors (Lipinski definition) is 0. The van der Waals surface area contributed by atoms with Crippen LogP contribution in [0.15, 0.2) is 97.1 Å². The standard InChI is InChI=1S/C40H56O5Si/c1-32(18-10-9-16-28-42-38-23-15-17-29-43-38)39(44-31-34-24-26-35(41-6)27-25-34)33(2)30-45-46(40(3,4)5,36-19-11-7-12-20-36)37-21-13-8-14-22-37/h7-8,10-14,18-22,24-27,32-33,38-39H,9,15-17,23,28-31H2,1-6H3/b18-10-/t32-,33-,38?,39-/m0/s1. The van der Waals surface area contributed by atoms with E-state index >= 15 is 0 Å². The highest BCUT2D eigenvalue weighted by Gasteiger charge is 2.50. The van der Waals surface area contributed by atoms with Crippen LogP contribution in [0.3, 0.4) is 0 Å². The van der Waals surface area contributed by atoms with E-state index in [1.165, 1.54) is 16.8 Å². The van der Waals surface area contributed by atoms with E-state index in [-0.39, 0.29) is 29.3 Å². The first-order chi connectivity index (χ1) is 22.2. The Hall–Kier alpha value is -2.74. The average molecular weight is 645 g/mol.